The van der Waals surface area contributed by atoms with Crippen LogP contribution in [0, 0.1) is 13.8 Å². The molecule has 0 bridgehead atoms. The fourth-order valence-electron chi connectivity index (χ4n) is 3.50. The van der Waals surface area contributed by atoms with Gasteiger partial charge in [-0.1, -0.05) is 41.4 Å². The quantitative estimate of drug-likeness (QED) is 0.413. The maximum absolute atomic E-state index is 12.9. The van der Waals surface area contributed by atoms with Crippen LogP contribution in [0.15, 0.2) is 59.5 Å². The Balaban J connectivity index is 1.62. The minimum Gasteiger partial charge on any atom is -0.318 e. The van der Waals surface area contributed by atoms with Crippen molar-refractivity contribution < 1.29 is 9.59 Å². The Bertz CT molecular complexity index is 1180. The number of amides is 2. The molecule has 3 aromatic rings. The van der Waals surface area contributed by atoms with Crippen molar-refractivity contribution in [2.75, 3.05) is 0 Å². The molecule has 0 spiro atoms. The van der Waals surface area contributed by atoms with E-state index in [0.29, 0.717) is 15.0 Å². The van der Waals surface area contributed by atoms with Gasteiger partial charge in [0.25, 0.3) is 11.1 Å². The van der Waals surface area contributed by atoms with Gasteiger partial charge in [0.2, 0.25) is 0 Å². The van der Waals surface area contributed by atoms with Crippen LogP contribution in [0.5, 0.6) is 0 Å². The molecule has 2 aromatic carbocycles. The first-order chi connectivity index (χ1) is 14.3. The van der Waals surface area contributed by atoms with Gasteiger partial charge in [-0.25, -0.2) is 0 Å². The maximum Gasteiger partial charge on any atom is 0.293 e. The molecule has 0 unspecified atom stereocenters. The molecule has 1 aliphatic rings. The van der Waals surface area contributed by atoms with E-state index >= 15 is 0 Å². The predicted molar refractivity (Wildman–Crippen MR) is 123 cm³/mol. The van der Waals surface area contributed by atoms with Crippen LogP contribution in [0.3, 0.4) is 0 Å². The summed E-state index contributed by atoms with van der Waals surface area (Å²) in [4.78, 5) is 27.0. The Kier molecular flexibility index (Phi) is 5.78. The molecule has 1 saturated heterocycles. The summed E-state index contributed by atoms with van der Waals surface area (Å²) in [5.74, 6) is -0.285. The van der Waals surface area contributed by atoms with Crippen molar-refractivity contribution >= 4 is 52.2 Å². The Morgan fingerprint density at radius 1 is 0.967 bits per heavy atom. The van der Waals surface area contributed by atoms with Crippen LogP contribution >= 0.6 is 35.0 Å². The molecule has 0 saturated carbocycles. The van der Waals surface area contributed by atoms with Gasteiger partial charge < -0.3 is 4.57 Å². The van der Waals surface area contributed by atoms with E-state index in [1.807, 2.05) is 56.3 Å². The Labute approximate surface area is 189 Å². The number of aryl methyl sites for hydroxylation is 1. The minimum atomic E-state index is -0.285. The number of thioether (sulfide) groups is 1. The average molecular weight is 457 g/mol. The summed E-state index contributed by atoms with van der Waals surface area (Å²) >= 11 is 13.0. The summed E-state index contributed by atoms with van der Waals surface area (Å²) in [5.41, 5.74) is 4.68. The zero-order chi connectivity index (χ0) is 21.4. The van der Waals surface area contributed by atoms with Crippen LogP contribution in [0.2, 0.25) is 10.0 Å². The van der Waals surface area contributed by atoms with E-state index in [1.165, 1.54) is 4.90 Å². The van der Waals surface area contributed by atoms with Crippen LogP contribution in [0.4, 0.5) is 4.79 Å². The van der Waals surface area contributed by atoms with Gasteiger partial charge in [0, 0.05) is 27.1 Å². The highest BCUT2D eigenvalue weighted by atomic mass is 35.5. The molecule has 0 N–H and O–H groups in total. The SMILES string of the molecule is Cc1cc(/C=C2\SC(=O)N(Cc3ccc(Cl)cc3)C2=O)c(C)n1-c1cccc(Cl)c1. The number of halogens is 2. The van der Waals surface area contributed by atoms with Crippen molar-refractivity contribution in [3.8, 4) is 5.69 Å². The lowest BCUT2D eigenvalue weighted by Crippen LogP contribution is -2.27. The molecule has 30 heavy (non-hydrogen) atoms. The number of aromatic nitrogens is 1. The first-order valence-electron chi connectivity index (χ1n) is 9.28. The molecule has 0 radical (unpaired) electrons. The van der Waals surface area contributed by atoms with Crippen molar-refractivity contribution in [1.82, 2.24) is 9.47 Å². The second-order valence-electron chi connectivity index (χ2n) is 7.04. The molecular formula is C23H18Cl2N2O2S. The third-order valence-electron chi connectivity index (χ3n) is 4.95. The van der Waals surface area contributed by atoms with E-state index < -0.39 is 0 Å². The molecule has 4 rings (SSSR count). The Morgan fingerprint density at radius 3 is 2.40 bits per heavy atom. The number of rotatable bonds is 4. The number of hydrogen-bond acceptors (Lipinski definition) is 3. The number of carbonyl (C=O) groups excluding carboxylic acids is 2. The van der Waals surface area contributed by atoms with E-state index in [1.54, 1.807) is 18.2 Å². The van der Waals surface area contributed by atoms with Crippen molar-refractivity contribution in [1.29, 1.82) is 0 Å². The second-order valence-corrected chi connectivity index (χ2v) is 8.90. The summed E-state index contributed by atoms with van der Waals surface area (Å²) < 4.78 is 2.08. The highest BCUT2D eigenvalue weighted by molar-refractivity contribution is 8.18. The largest absolute Gasteiger partial charge is 0.318 e. The van der Waals surface area contributed by atoms with Gasteiger partial charge in [-0.3, -0.25) is 14.5 Å². The zero-order valence-corrected chi connectivity index (χ0v) is 18.7. The van der Waals surface area contributed by atoms with E-state index in [-0.39, 0.29) is 17.7 Å². The monoisotopic (exact) mass is 456 g/mol. The molecule has 1 aliphatic heterocycles. The van der Waals surface area contributed by atoms with Gasteiger partial charge in [0.15, 0.2) is 0 Å². The summed E-state index contributed by atoms with van der Waals surface area (Å²) in [6.45, 7) is 4.20. The van der Waals surface area contributed by atoms with Crippen LogP contribution in [0.1, 0.15) is 22.5 Å². The molecule has 7 heteroatoms. The highest BCUT2D eigenvalue weighted by Gasteiger charge is 2.35. The molecule has 0 aliphatic carbocycles. The van der Waals surface area contributed by atoms with Gasteiger partial charge in [-0.05, 0) is 79.2 Å². The first-order valence-corrected chi connectivity index (χ1v) is 10.9. The molecule has 2 heterocycles. The number of carbonyl (C=O) groups is 2. The van der Waals surface area contributed by atoms with E-state index in [4.69, 9.17) is 23.2 Å². The van der Waals surface area contributed by atoms with Crippen molar-refractivity contribution in [2.45, 2.75) is 20.4 Å². The topological polar surface area (TPSA) is 42.3 Å². The summed E-state index contributed by atoms with van der Waals surface area (Å²) in [6.07, 6.45) is 1.79. The Morgan fingerprint density at radius 2 is 1.70 bits per heavy atom. The van der Waals surface area contributed by atoms with Gasteiger partial charge in [-0.2, -0.15) is 0 Å². The smallest absolute Gasteiger partial charge is 0.293 e. The van der Waals surface area contributed by atoms with Crippen LogP contribution in [0.25, 0.3) is 11.8 Å². The number of benzene rings is 2. The third kappa shape index (κ3) is 4.06. The Hall–Kier alpha value is -2.47. The molecule has 0 atom stereocenters. The first kappa shape index (κ1) is 20.8. The van der Waals surface area contributed by atoms with Crippen LogP contribution in [-0.2, 0) is 11.3 Å². The average Bonchev–Trinajstić information content (AvgIpc) is 3.13. The summed E-state index contributed by atoms with van der Waals surface area (Å²) in [5, 5.41) is 0.998. The number of nitrogens with zero attached hydrogens (tertiary/aromatic N) is 2. The van der Waals surface area contributed by atoms with Gasteiger partial charge in [0.1, 0.15) is 0 Å². The van der Waals surface area contributed by atoms with Crippen LogP contribution in [-0.4, -0.2) is 20.6 Å². The fraction of sp³-hybridized carbons (Fsp3) is 0.130. The lowest BCUT2D eigenvalue weighted by Gasteiger charge is -2.12. The minimum absolute atomic E-state index is 0.223. The molecule has 1 fully saturated rings. The lowest BCUT2D eigenvalue weighted by atomic mass is 10.2. The predicted octanol–water partition coefficient (Wildman–Crippen LogP) is 6.64. The molecular weight excluding hydrogens is 439 g/mol. The van der Waals surface area contributed by atoms with Gasteiger partial charge >= 0.3 is 0 Å². The van der Waals surface area contributed by atoms with Gasteiger partial charge in [0.05, 0.1) is 11.4 Å². The van der Waals surface area contributed by atoms with Crippen molar-refractivity contribution in [3.05, 3.63) is 92.1 Å². The summed E-state index contributed by atoms with van der Waals surface area (Å²) in [6, 6.07) is 16.7. The van der Waals surface area contributed by atoms with Crippen molar-refractivity contribution in [2.24, 2.45) is 0 Å². The van der Waals surface area contributed by atoms with Crippen molar-refractivity contribution in [3.63, 3.8) is 0 Å². The maximum atomic E-state index is 12.9. The van der Waals surface area contributed by atoms with E-state index in [9.17, 15) is 9.59 Å². The fourth-order valence-corrected chi connectivity index (χ4v) is 4.64. The summed E-state index contributed by atoms with van der Waals surface area (Å²) in [7, 11) is 0. The third-order valence-corrected chi connectivity index (χ3v) is 6.35. The molecule has 2 amide bonds. The number of imide groups is 1. The van der Waals surface area contributed by atoms with E-state index in [0.717, 1.165) is 40.0 Å². The molecule has 4 nitrogen and oxygen atoms in total. The van der Waals surface area contributed by atoms with Crippen LogP contribution < -0.4 is 0 Å². The normalized spacial score (nSPS) is 15.5. The standard InChI is InChI=1S/C23H18Cl2N2O2S/c1-14-10-17(15(2)27(14)20-5-3-4-19(25)12-20)11-21-22(28)26(23(29)30-21)13-16-6-8-18(24)9-7-16/h3-12H,13H2,1-2H3/b21-11-. The second kappa shape index (κ2) is 8.34. The molecule has 152 valence electrons. The van der Waals surface area contributed by atoms with E-state index in [2.05, 4.69) is 4.57 Å². The number of hydrogen-bond donors (Lipinski definition) is 0. The lowest BCUT2D eigenvalue weighted by molar-refractivity contribution is -0.123. The molecule has 1 aromatic heterocycles. The zero-order valence-electron chi connectivity index (χ0n) is 16.4. The highest BCUT2D eigenvalue weighted by Crippen LogP contribution is 2.35. The van der Waals surface area contributed by atoms with Gasteiger partial charge in [-0.15, -0.1) is 0 Å².